The maximum Gasteiger partial charge on any atom is 0.338 e. The maximum absolute atomic E-state index is 13.5. The zero-order valence-corrected chi connectivity index (χ0v) is 31.0. The summed E-state index contributed by atoms with van der Waals surface area (Å²) < 4.78 is 48.0. The van der Waals surface area contributed by atoms with Crippen molar-refractivity contribution in [2.75, 3.05) is 13.2 Å². The van der Waals surface area contributed by atoms with E-state index in [-0.39, 0.29) is 29.9 Å². The van der Waals surface area contributed by atoms with E-state index >= 15 is 0 Å². The van der Waals surface area contributed by atoms with Crippen LogP contribution < -0.4 is 0 Å². The molecule has 2 heterocycles. The number of benzene rings is 5. The zero-order valence-electron chi connectivity index (χ0n) is 31.0. The third kappa shape index (κ3) is 10.0. The fraction of sp³-hybridized carbons (Fsp3) is 0.244. The molecule has 0 aliphatic carbocycles. The van der Waals surface area contributed by atoms with Crippen LogP contribution in [0.5, 0.6) is 0 Å². The van der Waals surface area contributed by atoms with Gasteiger partial charge >= 0.3 is 23.9 Å². The van der Waals surface area contributed by atoms with Crippen molar-refractivity contribution < 1.29 is 62.2 Å². The Labute approximate surface area is 333 Å². The molecule has 58 heavy (non-hydrogen) atoms. The van der Waals surface area contributed by atoms with Crippen molar-refractivity contribution >= 4 is 23.9 Å². The van der Waals surface area contributed by atoms with E-state index in [0.717, 1.165) is 5.56 Å². The van der Waals surface area contributed by atoms with Gasteiger partial charge in [-0.05, 0) is 54.1 Å². The van der Waals surface area contributed by atoms with E-state index in [4.69, 9.17) is 37.9 Å². The van der Waals surface area contributed by atoms with Gasteiger partial charge in [-0.25, -0.2) is 19.2 Å². The van der Waals surface area contributed by atoms with Crippen LogP contribution >= 0.6 is 0 Å². The number of ether oxygens (including phenoxy) is 8. The highest BCUT2D eigenvalue weighted by Crippen LogP contribution is 2.33. The molecule has 7 rings (SSSR count). The first kappa shape index (κ1) is 40.0. The van der Waals surface area contributed by atoms with Crippen LogP contribution in [0.15, 0.2) is 152 Å². The summed E-state index contributed by atoms with van der Waals surface area (Å²) in [6, 6.07) is 42.2. The first-order valence-corrected chi connectivity index (χ1v) is 18.6. The van der Waals surface area contributed by atoms with Gasteiger partial charge in [-0.15, -0.1) is 0 Å². The number of carbonyl (C=O) groups excluding carboxylic acids is 4. The van der Waals surface area contributed by atoms with E-state index < -0.39 is 79.7 Å². The molecule has 5 aromatic carbocycles. The van der Waals surface area contributed by atoms with E-state index in [0.29, 0.717) is 5.56 Å². The molecule has 0 unspecified atom stereocenters. The molecule has 0 saturated carbocycles. The van der Waals surface area contributed by atoms with Gasteiger partial charge in [0.2, 0.25) is 0 Å². The van der Waals surface area contributed by atoms with Crippen LogP contribution in [0.4, 0.5) is 0 Å². The van der Waals surface area contributed by atoms with Crippen molar-refractivity contribution in [3.8, 4) is 0 Å². The van der Waals surface area contributed by atoms with E-state index in [9.17, 15) is 24.3 Å². The predicted octanol–water partition coefficient (Wildman–Crippen LogP) is 5.56. The molecule has 0 aromatic heterocycles. The Morgan fingerprint density at radius 3 is 1.33 bits per heavy atom. The summed E-state index contributed by atoms with van der Waals surface area (Å²) in [5.41, 5.74) is 1.78. The fourth-order valence-corrected chi connectivity index (χ4v) is 6.46. The van der Waals surface area contributed by atoms with Crippen molar-refractivity contribution in [2.45, 2.75) is 55.8 Å². The van der Waals surface area contributed by atoms with E-state index in [1.54, 1.807) is 109 Å². The molecule has 1 N–H and O–H groups in total. The number of rotatable bonds is 15. The molecule has 8 atom stereocenters. The monoisotopic (exact) mass is 788 g/mol. The first-order chi connectivity index (χ1) is 28.3. The summed E-state index contributed by atoms with van der Waals surface area (Å²) in [5.74, 6) is -2.85. The van der Waals surface area contributed by atoms with Crippen molar-refractivity contribution in [3.63, 3.8) is 0 Å². The quantitative estimate of drug-likeness (QED) is 0.104. The van der Waals surface area contributed by atoms with Gasteiger partial charge in [0.25, 0.3) is 0 Å². The molecule has 13 nitrogen and oxygen atoms in total. The van der Waals surface area contributed by atoms with Crippen LogP contribution in [0.2, 0.25) is 0 Å². The van der Waals surface area contributed by atoms with Crippen LogP contribution in [-0.4, -0.2) is 91.4 Å². The van der Waals surface area contributed by atoms with Gasteiger partial charge in [0.05, 0.1) is 35.5 Å². The molecule has 2 fully saturated rings. The smallest absolute Gasteiger partial charge is 0.338 e. The van der Waals surface area contributed by atoms with Gasteiger partial charge in [0.1, 0.15) is 24.9 Å². The van der Waals surface area contributed by atoms with Gasteiger partial charge in [0.15, 0.2) is 30.9 Å². The Hall–Kier alpha value is -6.22. The highest BCUT2D eigenvalue weighted by atomic mass is 16.7. The second-order valence-electron chi connectivity index (χ2n) is 13.4. The molecule has 13 heteroatoms. The van der Waals surface area contributed by atoms with Gasteiger partial charge < -0.3 is 43.0 Å². The van der Waals surface area contributed by atoms with Crippen molar-refractivity contribution in [3.05, 3.63) is 179 Å². The average molecular weight is 789 g/mol. The fourth-order valence-electron chi connectivity index (χ4n) is 6.46. The van der Waals surface area contributed by atoms with Gasteiger partial charge in [-0.1, -0.05) is 103 Å². The maximum atomic E-state index is 13.5. The second kappa shape index (κ2) is 19.3. The van der Waals surface area contributed by atoms with E-state index in [1.165, 1.54) is 12.1 Å². The SMILES string of the molecule is O=C(OC[C@H]1O[C@H](OC[C@H]2O[C@H](O)[C@@H](OC(=O)c3ccccc3)[C@@H]2OC(=O)c2ccccc2)[C@@H](OCc2ccccc2)[C@@H]1OC(=O)c1ccccc1)c1ccccc1. The summed E-state index contributed by atoms with van der Waals surface area (Å²) in [4.78, 5) is 53.0. The highest BCUT2D eigenvalue weighted by molar-refractivity contribution is 5.91. The summed E-state index contributed by atoms with van der Waals surface area (Å²) in [6.07, 6.45) is -10.3. The lowest BCUT2D eigenvalue weighted by Gasteiger charge is -2.26. The molecule has 2 aliphatic heterocycles. The number of aliphatic hydroxyl groups excluding tert-OH is 1. The molecule has 0 amide bonds. The Kier molecular flexibility index (Phi) is 13.3. The number of hydrogen-bond donors (Lipinski definition) is 1. The molecule has 298 valence electrons. The van der Waals surface area contributed by atoms with Gasteiger partial charge in [-0.2, -0.15) is 0 Å². The highest BCUT2D eigenvalue weighted by Gasteiger charge is 2.53. The second-order valence-corrected chi connectivity index (χ2v) is 13.4. The Bertz CT molecular complexity index is 2100. The average Bonchev–Trinajstić information content (AvgIpc) is 3.75. The third-order valence-electron chi connectivity index (χ3n) is 9.41. The number of carbonyl (C=O) groups is 4. The van der Waals surface area contributed by atoms with Crippen LogP contribution in [0.3, 0.4) is 0 Å². The zero-order chi connectivity index (χ0) is 40.3. The molecule has 0 bridgehead atoms. The lowest BCUT2D eigenvalue weighted by molar-refractivity contribution is -0.206. The van der Waals surface area contributed by atoms with Crippen LogP contribution in [0.25, 0.3) is 0 Å². The standard InChI is InChI=1S/C45H40O13/c46-40(30-18-8-2-9-19-30)52-27-35-37(57-42(48)32-22-12-4-13-23-32)39(51-26-29-16-6-1-7-17-29)45(55-35)53-28-34-36(56-41(47)31-20-10-3-11-21-31)38(44(50)54-34)58-43(49)33-24-14-5-15-25-33/h1-25,34-39,44-45,50H,26-28H2/t34-,35-,36-,37-,38+,39+,44+,45+/m1/s1. The normalized spacial score (nSPS) is 23.7. The molecule has 2 saturated heterocycles. The van der Waals surface area contributed by atoms with Crippen LogP contribution in [0.1, 0.15) is 47.0 Å². The van der Waals surface area contributed by atoms with Gasteiger partial charge in [-0.3, -0.25) is 0 Å². The predicted molar refractivity (Wildman–Crippen MR) is 204 cm³/mol. The summed E-state index contributed by atoms with van der Waals surface area (Å²) in [6.45, 7) is -0.688. The first-order valence-electron chi connectivity index (χ1n) is 18.6. The minimum absolute atomic E-state index is 0.0537. The van der Waals surface area contributed by atoms with Crippen LogP contribution in [0, 0.1) is 0 Å². The van der Waals surface area contributed by atoms with Crippen molar-refractivity contribution in [2.24, 2.45) is 0 Å². The lowest BCUT2D eigenvalue weighted by atomic mass is 10.1. The molecule has 0 spiro atoms. The number of esters is 4. The minimum Gasteiger partial charge on any atom is -0.459 e. The molecular weight excluding hydrogens is 748 g/mol. The summed E-state index contributed by atoms with van der Waals surface area (Å²) >= 11 is 0. The minimum atomic E-state index is -1.71. The summed E-state index contributed by atoms with van der Waals surface area (Å²) in [7, 11) is 0. The third-order valence-corrected chi connectivity index (χ3v) is 9.41. The molecule has 2 aliphatic rings. The van der Waals surface area contributed by atoms with Crippen molar-refractivity contribution in [1.82, 2.24) is 0 Å². The largest absolute Gasteiger partial charge is 0.459 e. The van der Waals surface area contributed by atoms with Crippen LogP contribution in [-0.2, 0) is 44.5 Å². The number of hydrogen-bond acceptors (Lipinski definition) is 13. The Morgan fingerprint density at radius 1 is 0.448 bits per heavy atom. The van der Waals surface area contributed by atoms with Gasteiger partial charge in [0, 0.05) is 0 Å². The van der Waals surface area contributed by atoms with E-state index in [1.807, 2.05) is 30.3 Å². The number of aliphatic hydroxyl groups is 1. The molecular formula is C45H40O13. The molecule has 0 radical (unpaired) electrons. The topological polar surface area (TPSA) is 162 Å². The summed E-state index contributed by atoms with van der Waals surface area (Å²) in [5, 5.41) is 11.1. The van der Waals surface area contributed by atoms with Crippen molar-refractivity contribution in [1.29, 1.82) is 0 Å². The van der Waals surface area contributed by atoms with E-state index in [2.05, 4.69) is 0 Å². The Balaban J connectivity index is 1.14. The lowest BCUT2D eigenvalue weighted by Crippen LogP contribution is -2.44. The molecule has 5 aromatic rings. The Morgan fingerprint density at radius 2 is 0.845 bits per heavy atom.